The minimum atomic E-state index is -0.661. The van der Waals surface area contributed by atoms with E-state index >= 15 is 0 Å². The zero-order valence-electron chi connectivity index (χ0n) is 19.3. The molecule has 2 aromatic rings. The first-order chi connectivity index (χ1) is 16.9. The highest BCUT2D eigenvalue weighted by Crippen LogP contribution is 2.31. The molecule has 2 saturated heterocycles. The fourth-order valence-electron chi connectivity index (χ4n) is 5.18. The lowest BCUT2D eigenvalue weighted by Crippen LogP contribution is -2.52. The van der Waals surface area contributed by atoms with Crippen LogP contribution in [0.4, 0.5) is 8.78 Å². The first-order valence-corrected chi connectivity index (χ1v) is 12.0. The maximum Gasteiger partial charge on any atom is 0.255 e. The fourth-order valence-corrected chi connectivity index (χ4v) is 5.18. The summed E-state index contributed by atoms with van der Waals surface area (Å²) < 4.78 is 34.4. The molecule has 0 bridgehead atoms. The number of carbonyl (C=O) groups excluding carboxylic acids is 3. The van der Waals surface area contributed by atoms with E-state index in [4.69, 9.17) is 4.74 Å². The van der Waals surface area contributed by atoms with E-state index in [1.807, 2.05) is 6.07 Å². The summed E-state index contributed by atoms with van der Waals surface area (Å²) in [4.78, 5) is 40.1. The number of amides is 3. The van der Waals surface area contributed by atoms with Crippen molar-refractivity contribution in [2.24, 2.45) is 0 Å². The number of piperidine rings is 2. The Hall–Kier alpha value is -3.33. The van der Waals surface area contributed by atoms with Crippen molar-refractivity contribution in [3.63, 3.8) is 0 Å². The SMILES string of the molecule is O=C1CCC(N2Cc3cc(OC[C@H]4CCCCN4Cc4c(F)cccc4F)ccc3C2=O)C(=O)N1. The molecule has 1 N–H and O–H groups in total. The molecule has 5 rings (SSSR count). The zero-order valence-corrected chi connectivity index (χ0v) is 19.3. The predicted molar refractivity (Wildman–Crippen MR) is 122 cm³/mol. The first-order valence-electron chi connectivity index (χ1n) is 12.0. The minimum absolute atomic E-state index is 0.0117. The van der Waals surface area contributed by atoms with E-state index in [0.717, 1.165) is 31.4 Å². The Kier molecular flexibility index (Phi) is 6.51. The molecule has 2 atom stereocenters. The second-order valence-corrected chi connectivity index (χ2v) is 9.35. The molecule has 0 saturated carbocycles. The molecule has 9 heteroatoms. The third-order valence-electron chi connectivity index (χ3n) is 7.11. The number of hydrogen-bond donors (Lipinski definition) is 1. The van der Waals surface area contributed by atoms with E-state index in [-0.39, 0.29) is 42.9 Å². The van der Waals surface area contributed by atoms with Crippen molar-refractivity contribution in [3.05, 3.63) is 64.7 Å². The fraction of sp³-hybridized carbons (Fsp3) is 0.423. The van der Waals surface area contributed by atoms with Gasteiger partial charge in [0, 0.05) is 36.7 Å². The van der Waals surface area contributed by atoms with Gasteiger partial charge in [-0.1, -0.05) is 12.5 Å². The van der Waals surface area contributed by atoms with Crippen LogP contribution in [0.15, 0.2) is 36.4 Å². The third-order valence-corrected chi connectivity index (χ3v) is 7.11. The number of carbonyl (C=O) groups is 3. The van der Waals surface area contributed by atoms with Crippen molar-refractivity contribution in [1.29, 1.82) is 0 Å². The summed E-state index contributed by atoms with van der Waals surface area (Å²) in [5.41, 5.74) is 1.37. The van der Waals surface area contributed by atoms with E-state index in [1.165, 1.54) is 23.1 Å². The van der Waals surface area contributed by atoms with E-state index in [9.17, 15) is 23.2 Å². The smallest absolute Gasteiger partial charge is 0.255 e. The molecule has 3 aliphatic rings. The number of nitrogens with zero attached hydrogens (tertiary/aromatic N) is 2. The highest BCUT2D eigenvalue weighted by molar-refractivity contribution is 6.05. The van der Waals surface area contributed by atoms with Gasteiger partial charge in [0.2, 0.25) is 11.8 Å². The van der Waals surface area contributed by atoms with Crippen molar-refractivity contribution >= 4 is 17.7 Å². The van der Waals surface area contributed by atoms with Gasteiger partial charge in [-0.15, -0.1) is 0 Å². The Balaban J connectivity index is 1.24. The molecule has 3 amide bonds. The van der Waals surface area contributed by atoms with E-state index in [2.05, 4.69) is 10.2 Å². The summed E-state index contributed by atoms with van der Waals surface area (Å²) in [5, 5.41) is 2.30. The maximum absolute atomic E-state index is 14.2. The topological polar surface area (TPSA) is 79.0 Å². The van der Waals surface area contributed by atoms with Crippen LogP contribution >= 0.6 is 0 Å². The van der Waals surface area contributed by atoms with Crippen LogP contribution < -0.4 is 10.1 Å². The summed E-state index contributed by atoms with van der Waals surface area (Å²) in [6.07, 6.45) is 3.36. The molecule has 0 aliphatic carbocycles. The number of imide groups is 1. The number of hydrogen-bond acceptors (Lipinski definition) is 5. The molecule has 0 radical (unpaired) electrons. The molecule has 1 unspecified atom stereocenters. The highest BCUT2D eigenvalue weighted by Gasteiger charge is 2.39. The Labute approximate surface area is 202 Å². The normalized spacial score (nSPS) is 22.8. The summed E-state index contributed by atoms with van der Waals surface area (Å²) in [7, 11) is 0. The second-order valence-electron chi connectivity index (χ2n) is 9.35. The molecule has 2 fully saturated rings. The monoisotopic (exact) mass is 483 g/mol. The molecular weight excluding hydrogens is 456 g/mol. The zero-order chi connectivity index (χ0) is 24.5. The molecule has 3 aliphatic heterocycles. The summed E-state index contributed by atoms with van der Waals surface area (Å²) in [5.74, 6) is -1.47. The highest BCUT2D eigenvalue weighted by atomic mass is 19.1. The Morgan fingerprint density at radius 3 is 2.60 bits per heavy atom. The number of ether oxygens (including phenoxy) is 1. The standard InChI is InChI=1S/C26H27F2N3O4/c27-21-5-3-6-22(28)20(21)14-30-11-2-1-4-17(30)15-35-18-7-8-19-16(12-18)13-31(26(19)34)23-9-10-24(32)29-25(23)33/h3,5-8,12,17,23H,1-2,4,9-11,13-15H2,(H,29,32,33)/t17-,23?/m1/s1. The van der Waals surface area contributed by atoms with Gasteiger partial charge in [0.25, 0.3) is 5.91 Å². The van der Waals surface area contributed by atoms with E-state index < -0.39 is 23.6 Å². The summed E-state index contributed by atoms with van der Waals surface area (Å²) >= 11 is 0. The van der Waals surface area contributed by atoms with Crippen molar-refractivity contribution < 1.29 is 27.9 Å². The van der Waals surface area contributed by atoms with E-state index in [0.29, 0.717) is 24.3 Å². The number of rotatable bonds is 6. The van der Waals surface area contributed by atoms with Gasteiger partial charge in [-0.25, -0.2) is 8.78 Å². The predicted octanol–water partition coefficient (Wildman–Crippen LogP) is 3.16. The largest absolute Gasteiger partial charge is 0.492 e. The molecule has 2 aromatic carbocycles. The van der Waals surface area contributed by atoms with Gasteiger partial charge in [0.1, 0.15) is 30.0 Å². The van der Waals surface area contributed by atoms with Gasteiger partial charge >= 0.3 is 0 Å². The van der Waals surface area contributed by atoms with Gasteiger partial charge in [0.05, 0.1) is 0 Å². The van der Waals surface area contributed by atoms with Gasteiger partial charge in [-0.3, -0.25) is 24.6 Å². The Morgan fingerprint density at radius 1 is 1.03 bits per heavy atom. The quantitative estimate of drug-likeness (QED) is 0.639. The second kappa shape index (κ2) is 9.73. The van der Waals surface area contributed by atoms with Crippen LogP contribution in [0.25, 0.3) is 0 Å². The summed E-state index contributed by atoms with van der Waals surface area (Å²) in [6, 6.07) is 8.51. The van der Waals surface area contributed by atoms with Crippen molar-refractivity contribution in [2.75, 3.05) is 13.2 Å². The van der Waals surface area contributed by atoms with E-state index in [1.54, 1.807) is 12.1 Å². The van der Waals surface area contributed by atoms with Crippen LogP contribution in [0, 0.1) is 11.6 Å². The van der Waals surface area contributed by atoms with Crippen LogP contribution in [-0.2, 0) is 22.7 Å². The first kappa shape index (κ1) is 23.4. The number of fused-ring (bicyclic) bond motifs is 1. The molecule has 0 spiro atoms. The lowest BCUT2D eigenvalue weighted by atomic mass is 10.0. The molecular formula is C26H27F2N3O4. The van der Waals surface area contributed by atoms with Gasteiger partial charge in [-0.05, 0) is 61.7 Å². The van der Waals surface area contributed by atoms with Crippen molar-refractivity contribution in [1.82, 2.24) is 15.1 Å². The van der Waals surface area contributed by atoms with Crippen LogP contribution in [0.1, 0.15) is 53.6 Å². The van der Waals surface area contributed by atoms with Gasteiger partial charge < -0.3 is 9.64 Å². The van der Waals surface area contributed by atoms with Gasteiger partial charge in [-0.2, -0.15) is 0 Å². The third kappa shape index (κ3) is 4.77. The van der Waals surface area contributed by atoms with Crippen LogP contribution in [0.3, 0.4) is 0 Å². The summed E-state index contributed by atoms with van der Waals surface area (Å²) in [6.45, 7) is 1.56. The average molecular weight is 484 g/mol. The number of halogens is 2. The average Bonchev–Trinajstić information content (AvgIpc) is 3.16. The van der Waals surface area contributed by atoms with Crippen molar-refractivity contribution in [3.8, 4) is 5.75 Å². The lowest BCUT2D eigenvalue weighted by molar-refractivity contribution is -0.136. The van der Waals surface area contributed by atoms with Crippen molar-refractivity contribution in [2.45, 2.75) is 57.3 Å². The number of nitrogens with one attached hydrogen (secondary N) is 1. The molecule has 35 heavy (non-hydrogen) atoms. The molecule has 3 heterocycles. The van der Waals surface area contributed by atoms with Gasteiger partial charge in [0.15, 0.2) is 0 Å². The van der Waals surface area contributed by atoms with Crippen LogP contribution in [0.5, 0.6) is 5.75 Å². The maximum atomic E-state index is 14.2. The van der Waals surface area contributed by atoms with Crippen LogP contribution in [0.2, 0.25) is 0 Å². The number of likely N-dealkylation sites (tertiary alicyclic amines) is 1. The Bertz CT molecular complexity index is 1150. The molecule has 184 valence electrons. The Morgan fingerprint density at radius 2 is 1.83 bits per heavy atom. The van der Waals surface area contributed by atoms with Crippen LogP contribution in [-0.4, -0.2) is 52.8 Å². The lowest BCUT2D eigenvalue weighted by Gasteiger charge is -2.35. The number of benzene rings is 2. The molecule has 7 nitrogen and oxygen atoms in total. The molecule has 0 aromatic heterocycles. The minimum Gasteiger partial charge on any atom is -0.492 e.